The average Bonchev–Trinajstić information content (AvgIpc) is 2.33. The molecule has 1 unspecified atom stereocenters. The first-order valence-electron chi connectivity index (χ1n) is 6.98. The molecule has 0 spiro atoms. The summed E-state index contributed by atoms with van der Waals surface area (Å²) >= 11 is 5.39. The Labute approximate surface area is 120 Å². The van der Waals surface area contributed by atoms with Crippen molar-refractivity contribution in [3.8, 4) is 0 Å². The smallest absolute Gasteiger partial charge is 0.133 e. The number of H-pyrrole nitrogens is 1. The van der Waals surface area contributed by atoms with Crippen LogP contribution in [0.25, 0.3) is 0 Å². The van der Waals surface area contributed by atoms with Gasteiger partial charge in [-0.25, -0.2) is 4.98 Å². The van der Waals surface area contributed by atoms with Gasteiger partial charge in [-0.05, 0) is 27.4 Å². The molecule has 0 bridgehead atoms. The number of aromatic nitrogens is 2. The molecule has 1 aliphatic rings. The van der Waals surface area contributed by atoms with Crippen LogP contribution in [-0.4, -0.2) is 59.5 Å². The van der Waals surface area contributed by atoms with Gasteiger partial charge in [-0.1, -0.05) is 19.1 Å². The molecule has 0 radical (unpaired) electrons. The number of nitrogens with zero attached hydrogens (tertiary/aromatic N) is 3. The molecule has 1 fully saturated rings. The van der Waals surface area contributed by atoms with E-state index in [0.717, 1.165) is 42.9 Å². The lowest BCUT2D eigenvalue weighted by Crippen LogP contribution is -2.51. The Balaban J connectivity index is 2.17. The van der Waals surface area contributed by atoms with E-state index in [9.17, 15) is 0 Å². The number of likely N-dealkylation sites (N-methyl/N-ethyl adjacent to an activating group) is 2. The molecule has 1 saturated heterocycles. The van der Waals surface area contributed by atoms with Crippen molar-refractivity contribution < 1.29 is 0 Å². The summed E-state index contributed by atoms with van der Waals surface area (Å²) in [6.07, 6.45) is 1.88. The summed E-state index contributed by atoms with van der Waals surface area (Å²) in [6.45, 7) is 7.57. The number of piperazine rings is 1. The zero-order valence-electron chi connectivity index (χ0n) is 12.4. The highest BCUT2D eigenvalue weighted by Gasteiger charge is 2.23. The lowest BCUT2D eigenvalue weighted by atomic mass is 10.1. The fourth-order valence-electron chi connectivity index (χ4n) is 2.73. The van der Waals surface area contributed by atoms with E-state index < -0.39 is 0 Å². The van der Waals surface area contributed by atoms with E-state index in [2.05, 4.69) is 47.7 Å². The molecule has 1 aromatic rings. The molecule has 5 heteroatoms. The lowest BCUT2D eigenvalue weighted by molar-refractivity contribution is 0.113. The molecule has 2 rings (SSSR count). The Hall–Kier alpha value is -0.780. The molecule has 0 saturated carbocycles. The Morgan fingerprint density at radius 3 is 2.74 bits per heavy atom. The van der Waals surface area contributed by atoms with Crippen LogP contribution in [0.1, 0.15) is 24.0 Å². The minimum atomic E-state index is 0.517. The number of aryl methyl sites for hydroxylation is 1. The molecule has 1 aromatic heterocycles. The van der Waals surface area contributed by atoms with Crippen LogP contribution >= 0.6 is 12.2 Å². The second-order valence-electron chi connectivity index (χ2n) is 5.55. The van der Waals surface area contributed by atoms with Gasteiger partial charge in [0.05, 0.1) is 0 Å². The third-order valence-corrected chi connectivity index (χ3v) is 4.38. The maximum Gasteiger partial charge on any atom is 0.133 e. The SMILES string of the molecule is CCc1c(C)[nH]c(CC2CN(C)CCN2C)nc1=S. The van der Waals surface area contributed by atoms with Crippen LogP contribution < -0.4 is 0 Å². The van der Waals surface area contributed by atoms with Gasteiger partial charge < -0.3 is 14.8 Å². The van der Waals surface area contributed by atoms with Crippen LogP contribution in [0.3, 0.4) is 0 Å². The third-order valence-electron chi connectivity index (χ3n) is 4.04. The molecule has 19 heavy (non-hydrogen) atoms. The maximum absolute atomic E-state index is 5.39. The van der Waals surface area contributed by atoms with Gasteiger partial charge in [-0.3, -0.25) is 0 Å². The molecule has 0 aliphatic carbocycles. The number of rotatable bonds is 3. The fourth-order valence-corrected chi connectivity index (χ4v) is 3.14. The molecular formula is C14H24N4S. The van der Waals surface area contributed by atoms with Gasteiger partial charge in [0.15, 0.2) is 0 Å². The number of aromatic amines is 1. The van der Waals surface area contributed by atoms with E-state index in [-0.39, 0.29) is 0 Å². The predicted molar refractivity (Wildman–Crippen MR) is 81.2 cm³/mol. The van der Waals surface area contributed by atoms with E-state index in [1.807, 2.05) is 0 Å². The summed E-state index contributed by atoms with van der Waals surface area (Å²) in [5.74, 6) is 1.02. The monoisotopic (exact) mass is 280 g/mol. The number of hydrogen-bond donors (Lipinski definition) is 1. The van der Waals surface area contributed by atoms with Crippen molar-refractivity contribution in [3.63, 3.8) is 0 Å². The minimum absolute atomic E-state index is 0.517. The largest absolute Gasteiger partial charge is 0.347 e. The number of nitrogens with one attached hydrogen (secondary N) is 1. The molecule has 0 amide bonds. The van der Waals surface area contributed by atoms with Gasteiger partial charge in [0.25, 0.3) is 0 Å². The van der Waals surface area contributed by atoms with Gasteiger partial charge >= 0.3 is 0 Å². The van der Waals surface area contributed by atoms with Crippen molar-refractivity contribution in [3.05, 3.63) is 21.7 Å². The quantitative estimate of drug-likeness (QED) is 0.856. The zero-order chi connectivity index (χ0) is 14.0. The summed E-state index contributed by atoms with van der Waals surface area (Å²) in [5.41, 5.74) is 2.34. The Kier molecular flexibility index (Phi) is 4.71. The van der Waals surface area contributed by atoms with Crippen LogP contribution in [0.5, 0.6) is 0 Å². The Bertz CT molecular complexity index is 497. The highest BCUT2D eigenvalue weighted by molar-refractivity contribution is 7.71. The molecule has 2 heterocycles. The van der Waals surface area contributed by atoms with Crippen LogP contribution in [0.15, 0.2) is 0 Å². The zero-order valence-corrected chi connectivity index (χ0v) is 13.2. The van der Waals surface area contributed by atoms with E-state index in [1.165, 1.54) is 11.3 Å². The Morgan fingerprint density at radius 1 is 1.37 bits per heavy atom. The normalized spacial score (nSPS) is 21.8. The summed E-state index contributed by atoms with van der Waals surface area (Å²) in [7, 11) is 4.38. The van der Waals surface area contributed by atoms with Crippen LogP contribution in [0.2, 0.25) is 0 Å². The van der Waals surface area contributed by atoms with E-state index in [4.69, 9.17) is 12.2 Å². The summed E-state index contributed by atoms with van der Waals surface area (Å²) in [5, 5.41) is 0. The van der Waals surface area contributed by atoms with Gasteiger partial charge in [-0.2, -0.15) is 0 Å². The van der Waals surface area contributed by atoms with Crippen molar-refractivity contribution in [2.45, 2.75) is 32.7 Å². The lowest BCUT2D eigenvalue weighted by Gasteiger charge is -2.37. The van der Waals surface area contributed by atoms with Crippen LogP contribution in [0, 0.1) is 11.6 Å². The van der Waals surface area contributed by atoms with Gasteiger partial charge in [0.1, 0.15) is 10.5 Å². The second kappa shape index (κ2) is 6.11. The standard InChI is InChI=1S/C14H24N4S/c1-5-12-10(2)15-13(16-14(12)19)8-11-9-17(3)6-7-18(11)4/h11H,5-9H2,1-4H3,(H,15,16,19). The summed E-state index contributed by atoms with van der Waals surface area (Å²) < 4.78 is 0.764. The maximum atomic E-state index is 5.39. The first-order chi connectivity index (χ1) is 9.01. The molecular weight excluding hydrogens is 256 g/mol. The fraction of sp³-hybridized carbons (Fsp3) is 0.714. The van der Waals surface area contributed by atoms with Crippen molar-refractivity contribution in [2.24, 2.45) is 0 Å². The van der Waals surface area contributed by atoms with E-state index in [1.54, 1.807) is 0 Å². The highest BCUT2D eigenvalue weighted by Crippen LogP contribution is 2.13. The first-order valence-corrected chi connectivity index (χ1v) is 7.39. The van der Waals surface area contributed by atoms with Crippen molar-refractivity contribution in [1.29, 1.82) is 0 Å². The third kappa shape index (κ3) is 3.41. The van der Waals surface area contributed by atoms with E-state index in [0.29, 0.717) is 6.04 Å². The van der Waals surface area contributed by atoms with Crippen molar-refractivity contribution in [2.75, 3.05) is 33.7 Å². The topological polar surface area (TPSA) is 35.2 Å². The van der Waals surface area contributed by atoms with Gasteiger partial charge in [0, 0.05) is 43.4 Å². The van der Waals surface area contributed by atoms with E-state index >= 15 is 0 Å². The minimum Gasteiger partial charge on any atom is -0.347 e. The van der Waals surface area contributed by atoms with Crippen molar-refractivity contribution in [1.82, 2.24) is 19.8 Å². The summed E-state index contributed by atoms with van der Waals surface area (Å²) in [6, 6.07) is 0.517. The molecule has 1 aliphatic heterocycles. The van der Waals surface area contributed by atoms with Crippen molar-refractivity contribution >= 4 is 12.2 Å². The van der Waals surface area contributed by atoms with Crippen LogP contribution in [0.4, 0.5) is 0 Å². The highest BCUT2D eigenvalue weighted by atomic mass is 32.1. The predicted octanol–water partition coefficient (Wildman–Crippen LogP) is 1.80. The first kappa shape index (κ1) is 14.6. The van der Waals surface area contributed by atoms with Crippen LogP contribution in [-0.2, 0) is 12.8 Å². The van der Waals surface area contributed by atoms with Gasteiger partial charge in [0.2, 0.25) is 0 Å². The molecule has 1 N–H and O–H groups in total. The molecule has 4 nitrogen and oxygen atoms in total. The Morgan fingerprint density at radius 2 is 2.11 bits per heavy atom. The second-order valence-corrected chi connectivity index (χ2v) is 5.93. The molecule has 1 atom stereocenters. The molecule has 0 aromatic carbocycles. The number of hydrogen-bond acceptors (Lipinski definition) is 4. The molecule has 106 valence electrons. The summed E-state index contributed by atoms with van der Waals surface area (Å²) in [4.78, 5) is 12.8. The van der Waals surface area contributed by atoms with Gasteiger partial charge in [-0.15, -0.1) is 0 Å². The average molecular weight is 280 g/mol.